The van der Waals surface area contributed by atoms with E-state index in [9.17, 15) is 13.4 Å². The number of ether oxygens (including phenoxy) is 1. The molecular weight excluding hydrogens is 293 g/mol. The van der Waals surface area contributed by atoms with E-state index < -0.39 is 16.9 Å². The number of fused-ring (bicyclic) bond motifs is 1. The number of halogens is 1. The van der Waals surface area contributed by atoms with E-state index in [0.29, 0.717) is 23.7 Å². The van der Waals surface area contributed by atoms with Crippen LogP contribution in [0.1, 0.15) is 18.4 Å². The lowest BCUT2D eigenvalue weighted by Crippen LogP contribution is -2.46. The van der Waals surface area contributed by atoms with Crippen LogP contribution in [0.3, 0.4) is 0 Å². The molecule has 2 aliphatic rings. The van der Waals surface area contributed by atoms with Gasteiger partial charge < -0.3 is 9.64 Å². The van der Waals surface area contributed by atoms with Crippen LogP contribution in [0.4, 0.5) is 4.39 Å². The maximum Gasteiger partial charge on any atom is 0.263 e. The highest BCUT2D eigenvalue weighted by molar-refractivity contribution is 7.85. The van der Waals surface area contributed by atoms with Crippen LogP contribution in [0.25, 0.3) is 0 Å². The van der Waals surface area contributed by atoms with Gasteiger partial charge in [0.1, 0.15) is 11.6 Å². The Labute approximate surface area is 125 Å². The van der Waals surface area contributed by atoms with Gasteiger partial charge in [-0.1, -0.05) is 0 Å². The summed E-state index contributed by atoms with van der Waals surface area (Å²) in [6.45, 7) is 0. The molecule has 2 aliphatic heterocycles. The Balaban J connectivity index is 1.65. The van der Waals surface area contributed by atoms with E-state index in [4.69, 9.17) is 4.74 Å². The largest absolute Gasteiger partial charge is 0.480 e. The van der Waals surface area contributed by atoms with Crippen LogP contribution in [0.2, 0.25) is 0 Å². The summed E-state index contributed by atoms with van der Waals surface area (Å²) >= 11 is 0. The average molecular weight is 311 g/mol. The fraction of sp³-hybridized carbons (Fsp3) is 0.533. The van der Waals surface area contributed by atoms with Gasteiger partial charge in [-0.05, 0) is 31.0 Å². The number of carbonyl (C=O) groups excluding carboxylic acids is 1. The van der Waals surface area contributed by atoms with Crippen molar-refractivity contribution in [2.24, 2.45) is 0 Å². The molecule has 114 valence electrons. The van der Waals surface area contributed by atoms with E-state index in [2.05, 4.69) is 0 Å². The molecule has 1 amide bonds. The first kappa shape index (κ1) is 14.5. The molecule has 0 saturated carbocycles. The van der Waals surface area contributed by atoms with Crippen molar-refractivity contribution in [1.82, 2.24) is 4.90 Å². The fourth-order valence-electron chi connectivity index (χ4n) is 2.93. The highest BCUT2D eigenvalue weighted by atomic mass is 32.2. The molecule has 0 aliphatic carbocycles. The standard InChI is InChI=1S/C15H18FNO3S/c1-17(12-4-6-21(19)7-5-12)15(18)14-9-10-8-11(16)2-3-13(10)20-14/h2-3,8,12,14H,4-7,9H2,1H3/t12?,14-,21?/m0/s1. The van der Waals surface area contributed by atoms with Crippen LogP contribution in [-0.4, -0.2) is 45.7 Å². The van der Waals surface area contributed by atoms with Gasteiger partial charge in [0.2, 0.25) is 0 Å². The second-order valence-corrected chi connectivity index (χ2v) is 7.29. The summed E-state index contributed by atoms with van der Waals surface area (Å²) in [6.07, 6.45) is 1.38. The van der Waals surface area contributed by atoms with E-state index in [-0.39, 0.29) is 17.8 Å². The van der Waals surface area contributed by atoms with Gasteiger partial charge in [0, 0.05) is 47.4 Å². The van der Waals surface area contributed by atoms with Gasteiger partial charge >= 0.3 is 0 Å². The second-order valence-electron chi connectivity index (χ2n) is 5.59. The number of hydrogen-bond acceptors (Lipinski definition) is 3. The van der Waals surface area contributed by atoms with E-state index in [0.717, 1.165) is 18.4 Å². The minimum absolute atomic E-state index is 0.0794. The minimum Gasteiger partial charge on any atom is -0.480 e. The highest BCUT2D eigenvalue weighted by Crippen LogP contribution is 2.30. The first-order valence-corrected chi connectivity index (χ1v) is 8.60. The molecule has 0 bridgehead atoms. The topological polar surface area (TPSA) is 46.6 Å². The Hall–Kier alpha value is -1.43. The van der Waals surface area contributed by atoms with Crippen molar-refractivity contribution < 1.29 is 18.1 Å². The van der Waals surface area contributed by atoms with Crippen LogP contribution >= 0.6 is 0 Å². The molecule has 21 heavy (non-hydrogen) atoms. The van der Waals surface area contributed by atoms with E-state index in [1.54, 1.807) is 18.0 Å². The van der Waals surface area contributed by atoms with Crippen molar-refractivity contribution in [3.8, 4) is 5.75 Å². The molecule has 1 aromatic rings. The Morgan fingerprint density at radius 3 is 2.81 bits per heavy atom. The van der Waals surface area contributed by atoms with Crippen molar-refractivity contribution in [2.45, 2.75) is 31.4 Å². The molecule has 1 saturated heterocycles. The van der Waals surface area contributed by atoms with Gasteiger partial charge in [0.15, 0.2) is 6.10 Å². The molecule has 1 fully saturated rings. The zero-order valence-corrected chi connectivity index (χ0v) is 12.7. The first-order chi connectivity index (χ1) is 10.0. The Bertz CT molecular complexity index is 582. The van der Waals surface area contributed by atoms with Crippen LogP contribution in [0, 0.1) is 5.82 Å². The molecule has 1 atom stereocenters. The molecular formula is C15H18FNO3S. The maximum atomic E-state index is 13.2. The molecule has 0 spiro atoms. The van der Waals surface area contributed by atoms with Crippen molar-refractivity contribution in [2.75, 3.05) is 18.6 Å². The second kappa shape index (κ2) is 5.75. The Morgan fingerprint density at radius 1 is 1.38 bits per heavy atom. The molecule has 2 heterocycles. The summed E-state index contributed by atoms with van der Waals surface area (Å²) in [5, 5.41) is 0. The smallest absolute Gasteiger partial charge is 0.263 e. The number of benzene rings is 1. The fourth-order valence-corrected chi connectivity index (χ4v) is 4.20. The van der Waals surface area contributed by atoms with Gasteiger partial charge in [-0.2, -0.15) is 0 Å². The number of amides is 1. The molecule has 0 aromatic heterocycles. The quantitative estimate of drug-likeness (QED) is 0.831. The van der Waals surface area contributed by atoms with Gasteiger partial charge in [-0.25, -0.2) is 4.39 Å². The molecule has 4 nitrogen and oxygen atoms in total. The number of rotatable bonds is 2. The zero-order valence-electron chi connectivity index (χ0n) is 11.9. The highest BCUT2D eigenvalue weighted by Gasteiger charge is 2.34. The summed E-state index contributed by atoms with van der Waals surface area (Å²) in [6, 6.07) is 4.46. The summed E-state index contributed by atoms with van der Waals surface area (Å²) in [5.41, 5.74) is 0.742. The zero-order chi connectivity index (χ0) is 15.0. The van der Waals surface area contributed by atoms with E-state index in [1.165, 1.54) is 12.1 Å². The van der Waals surface area contributed by atoms with E-state index >= 15 is 0 Å². The van der Waals surface area contributed by atoms with Crippen molar-refractivity contribution in [3.05, 3.63) is 29.6 Å². The lowest BCUT2D eigenvalue weighted by atomic mass is 10.1. The van der Waals surface area contributed by atoms with E-state index in [1.807, 2.05) is 0 Å². The predicted molar refractivity (Wildman–Crippen MR) is 78.2 cm³/mol. The number of nitrogens with zero attached hydrogens (tertiary/aromatic N) is 1. The van der Waals surface area contributed by atoms with Crippen LogP contribution in [0.5, 0.6) is 5.75 Å². The molecule has 0 unspecified atom stereocenters. The van der Waals surface area contributed by atoms with Gasteiger partial charge in [0.25, 0.3) is 5.91 Å². The third-order valence-electron chi connectivity index (χ3n) is 4.23. The molecule has 3 rings (SSSR count). The van der Waals surface area contributed by atoms with Gasteiger partial charge in [-0.3, -0.25) is 9.00 Å². The monoisotopic (exact) mass is 311 g/mol. The van der Waals surface area contributed by atoms with Crippen molar-refractivity contribution >= 4 is 16.7 Å². The predicted octanol–water partition coefficient (Wildman–Crippen LogP) is 1.50. The normalized spacial score (nSPS) is 27.8. The SMILES string of the molecule is CN(C(=O)[C@@H]1Cc2cc(F)ccc2O1)C1CCS(=O)CC1. The molecule has 0 radical (unpaired) electrons. The Kier molecular flexibility index (Phi) is 3.97. The summed E-state index contributed by atoms with van der Waals surface area (Å²) in [4.78, 5) is 14.2. The van der Waals surface area contributed by atoms with Crippen LogP contribution in [0.15, 0.2) is 18.2 Å². The van der Waals surface area contributed by atoms with Crippen LogP contribution < -0.4 is 4.74 Å². The van der Waals surface area contributed by atoms with Crippen molar-refractivity contribution in [1.29, 1.82) is 0 Å². The first-order valence-electron chi connectivity index (χ1n) is 7.11. The lowest BCUT2D eigenvalue weighted by molar-refractivity contribution is -0.138. The Morgan fingerprint density at radius 2 is 2.10 bits per heavy atom. The number of likely N-dealkylation sites (N-methyl/N-ethyl adjacent to an activating group) is 1. The van der Waals surface area contributed by atoms with Crippen LogP contribution in [-0.2, 0) is 22.0 Å². The number of hydrogen-bond donors (Lipinski definition) is 0. The minimum atomic E-state index is -0.739. The maximum absolute atomic E-state index is 13.2. The molecule has 6 heteroatoms. The third kappa shape index (κ3) is 2.95. The summed E-state index contributed by atoms with van der Waals surface area (Å²) in [7, 11) is 1.03. The molecule has 0 N–H and O–H groups in total. The third-order valence-corrected chi connectivity index (χ3v) is 5.61. The summed E-state index contributed by atoms with van der Waals surface area (Å²) < 4.78 is 30.2. The summed E-state index contributed by atoms with van der Waals surface area (Å²) in [5.74, 6) is 1.50. The van der Waals surface area contributed by atoms with Crippen molar-refractivity contribution in [3.63, 3.8) is 0 Å². The number of carbonyl (C=O) groups is 1. The molecule has 1 aromatic carbocycles. The van der Waals surface area contributed by atoms with Gasteiger partial charge in [-0.15, -0.1) is 0 Å². The lowest BCUT2D eigenvalue weighted by Gasteiger charge is -2.32. The average Bonchev–Trinajstić information content (AvgIpc) is 2.89. The van der Waals surface area contributed by atoms with Gasteiger partial charge in [0.05, 0.1) is 0 Å².